The zero-order valence-corrected chi connectivity index (χ0v) is 10.7. The number of carbonyl (C=O) groups is 1. The molecule has 0 atom stereocenters. The predicted molar refractivity (Wildman–Crippen MR) is 50.8 cm³/mol. The van der Waals surface area contributed by atoms with E-state index in [1.54, 1.807) is 25.1 Å². The van der Waals surface area contributed by atoms with Crippen LogP contribution in [0.3, 0.4) is 0 Å². The molecule has 0 saturated carbocycles. The molecule has 1 aromatic heterocycles. The van der Waals surface area contributed by atoms with Crippen LogP contribution in [0.2, 0.25) is 0 Å². The van der Waals surface area contributed by atoms with Crippen molar-refractivity contribution in [2.75, 3.05) is 0 Å². The van der Waals surface area contributed by atoms with Crippen LogP contribution < -0.4 is 34.7 Å². The summed E-state index contributed by atoms with van der Waals surface area (Å²) in [5.41, 5.74) is 1.57. The third-order valence-corrected chi connectivity index (χ3v) is 2.06. The molecule has 70 valence electrons. The summed E-state index contributed by atoms with van der Waals surface area (Å²) in [5.74, 6) is -1.16. The Hall–Kier alpha value is -0.900. The summed E-state index contributed by atoms with van der Waals surface area (Å²) < 4.78 is 0. The standard InChI is InChI=1S/C11H9NO2.Na/c1-7-6-9(11(13)14)8-4-2-3-5-10(8)12-7;/h2-6H,1H3,(H,13,14);/q;+1/p-1. The predicted octanol–water partition coefficient (Wildman–Crippen LogP) is -2.09. The van der Waals surface area contributed by atoms with Crippen LogP contribution in [0.5, 0.6) is 0 Å². The fourth-order valence-corrected chi connectivity index (χ4v) is 1.48. The van der Waals surface area contributed by atoms with E-state index in [4.69, 9.17) is 0 Å². The third kappa shape index (κ3) is 2.37. The Morgan fingerprint density at radius 3 is 2.67 bits per heavy atom. The van der Waals surface area contributed by atoms with E-state index in [9.17, 15) is 9.90 Å². The number of pyridine rings is 1. The summed E-state index contributed by atoms with van der Waals surface area (Å²) in [6.07, 6.45) is 0. The van der Waals surface area contributed by atoms with Gasteiger partial charge in [0.15, 0.2) is 0 Å². The molecule has 0 aliphatic heterocycles. The number of para-hydroxylation sites is 1. The first kappa shape index (κ1) is 12.2. The van der Waals surface area contributed by atoms with Crippen molar-refractivity contribution in [2.45, 2.75) is 6.92 Å². The Labute approximate surface area is 109 Å². The number of aromatic nitrogens is 1. The van der Waals surface area contributed by atoms with Gasteiger partial charge in [-0.2, -0.15) is 0 Å². The van der Waals surface area contributed by atoms with Gasteiger partial charge in [0.05, 0.1) is 11.5 Å². The number of aryl methyl sites for hydroxylation is 1. The molecule has 0 aliphatic rings. The molecular formula is C11H8NNaO2. The quantitative estimate of drug-likeness (QED) is 0.506. The van der Waals surface area contributed by atoms with Crippen LogP contribution in [-0.4, -0.2) is 11.0 Å². The molecule has 0 saturated heterocycles. The Balaban J connectivity index is 0.00000112. The number of nitrogens with zero attached hydrogens (tertiary/aromatic N) is 1. The molecule has 3 nitrogen and oxygen atoms in total. The molecule has 4 heteroatoms. The minimum Gasteiger partial charge on any atom is -0.545 e. The summed E-state index contributed by atoms with van der Waals surface area (Å²) in [7, 11) is 0. The molecule has 2 aromatic rings. The number of carbonyl (C=O) groups excluding carboxylic acids is 1. The van der Waals surface area contributed by atoms with Crippen molar-refractivity contribution in [3.8, 4) is 0 Å². The Kier molecular flexibility index (Phi) is 3.85. The van der Waals surface area contributed by atoms with Gasteiger partial charge in [-0.3, -0.25) is 4.98 Å². The van der Waals surface area contributed by atoms with Gasteiger partial charge in [0, 0.05) is 16.6 Å². The molecule has 1 heterocycles. The van der Waals surface area contributed by atoms with Gasteiger partial charge in [-0.05, 0) is 19.1 Å². The van der Waals surface area contributed by atoms with Gasteiger partial charge in [-0.25, -0.2) is 0 Å². The van der Waals surface area contributed by atoms with Crippen molar-refractivity contribution in [1.82, 2.24) is 4.98 Å². The number of benzene rings is 1. The van der Waals surface area contributed by atoms with Crippen LogP contribution in [0.1, 0.15) is 16.1 Å². The van der Waals surface area contributed by atoms with Crippen LogP contribution in [0, 0.1) is 6.92 Å². The molecule has 15 heavy (non-hydrogen) atoms. The second-order valence-corrected chi connectivity index (χ2v) is 3.12. The van der Waals surface area contributed by atoms with Gasteiger partial charge < -0.3 is 9.90 Å². The van der Waals surface area contributed by atoms with Crippen molar-refractivity contribution in [1.29, 1.82) is 0 Å². The van der Waals surface area contributed by atoms with Gasteiger partial charge in [-0.15, -0.1) is 0 Å². The first-order chi connectivity index (χ1) is 6.68. The number of fused-ring (bicyclic) bond motifs is 1. The van der Waals surface area contributed by atoms with Gasteiger partial charge in [0.25, 0.3) is 0 Å². The van der Waals surface area contributed by atoms with Gasteiger partial charge in [0.1, 0.15) is 0 Å². The average Bonchev–Trinajstić information content (AvgIpc) is 2.16. The number of carboxylic acid groups (broad SMARTS) is 1. The number of aromatic carboxylic acids is 1. The zero-order chi connectivity index (χ0) is 10.1. The number of hydrogen-bond donors (Lipinski definition) is 0. The van der Waals surface area contributed by atoms with Crippen molar-refractivity contribution in [2.24, 2.45) is 0 Å². The zero-order valence-electron chi connectivity index (χ0n) is 8.65. The number of hydrogen-bond acceptors (Lipinski definition) is 3. The van der Waals surface area contributed by atoms with E-state index < -0.39 is 5.97 Å². The largest absolute Gasteiger partial charge is 1.00 e. The van der Waals surface area contributed by atoms with Crippen molar-refractivity contribution in [3.63, 3.8) is 0 Å². The molecule has 1 aromatic carbocycles. The Bertz CT molecular complexity index is 511. The van der Waals surface area contributed by atoms with E-state index in [1.165, 1.54) is 6.07 Å². The average molecular weight is 209 g/mol. The summed E-state index contributed by atoms with van der Waals surface area (Å²) >= 11 is 0. The molecule has 0 fully saturated rings. The van der Waals surface area contributed by atoms with Crippen molar-refractivity contribution >= 4 is 16.9 Å². The second kappa shape index (κ2) is 4.75. The van der Waals surface area contributed by atoms with Crippen LogP contribution in [0.25, 0.3) is 10.9 Å². The summed E-state index contributed by atoms with van der Waals surface area (Å²) in [4.78, 5) is 15.1. The van der Waals surface area contributed by atoms with E-state index in [2.05, 4.69) is 4.98 Å². The topological polar surface area (TPSA) is 53.0 Å². The first-order valence-electron chi connectivity index (χ1n) is 4.26. The molecule has 0 bridgehead atoms. The van der Waals surface area contributed by atoms with E-state index in [0.717, 1.165) is 0 Å². The maximum Gasteiger partial charge on any atom is 1.00 e. The van der Waals surface area contributed by atoms with E-state index in [1.807, 2.05) is 6.07 Å². The normalized spacial score (nSPS) is 9.67. The molecule has 0 spiro atoms. The van der Waals surface area contributed by atoms with Crippen LogP contribution >= 0.6 is 0 Å². The molecule has 0 amide bonds. The summed E-state index contributed by atoms with van der Waals surface area (Å²) in [6, 6.07) is 8.65. The van der Waals surface area contributed by atoms with Crippen LogP contribution in [-0.2, 0) is 0 Å². The maximum atomic E-state index is 10.8. The van der Waals surface area contributed by atoms with E-state index >= 15 is 0 Å². The van der Waals surface area contributed by atoms with Gasteiger partial charge in [-0.1, -0.05) is 18.2 Å². The Morgan fingerprint density at radius 1 is 1.33 bits per heavy atom. The van der Waals surface area contributed by atoms with E-state index in [-0.39, 0.29) is 35.1 Å². The SMILES string of the molecule is Cc1cc(C(=O)[O-])c2ccccc2n1.[Na+]. The molecule has 0 N–H and O–H groups in total. The number of carboxylic acids is 1. The smallest absolute Gasteiger partial charge is 0.545 e. The van der Waals surface area contributed by atoms with Gasteiger partial charge >= 0.3 is 29.6 Å². The first-order valence-corrected chi connectivity index (χ1v) is 4.26. The summed E-state index contributed by atoms with van der Waals surface area (Å²) in [6.45, 7) is 1.76. The van der Waals surface area contributed by atoms with Crippen molar-refractivity contribution in [3.05, 3.63) is 41.6 Å². The molecule has 0 aliphatic carbocycles. The van der Waals surface area contributed by atoms with Crippen LogP contribution in [0.4, 0.5) is 0 Å². The Morgan fingerprint density at radius 2 is 2.00 bits per heavy atom. The molecular weight excluding hydrogens is 201 g/mol. The third-order valence-electron chi connectivity index (χ3n) is 2.06. The minimum absolute atomic E-state index is 0. The summed E-state index contributed by atoms with van der Waals surface area (Å²) in [5, 5.41) is 11.5. The van der Waals surface area contributed by atoms with Crippen LogP contribution in [0.15, 0.2) is 30.3 Å². The maximum absolute atomic E-state index is 10.8. The molecule has 0 unspecified atom stereocenters. The molecule has 2 rings (SSSR count). The van der Waals surface area contributed by atoms with Gasteiger partial charge in [0.2, 0.25) is 0 Å². The molecule has 0 radical (unpaired) electrons. The monoisotopic (exact) mass is 209 g/mol. The fourth-order valence-electron chi connectivity index (χ4n) is 1.48. The minimum atomic E-state index is -1.16. The second-order valence-electron chi connectivity index (χ2n) is 3.12. The van der Waals surface area contributed by atoms with E-state index in [0.29, 0.717) is 16.6 Å². The number of rotatable bonds is 1. The fraction of sp³-hybridized carbons (Fsp3) is 0.0909. The van der Waals surface area contributed by atoms with Crippen molar-refractivity contribution < 1.29 is 39.5 Å².